The molecule has 1 rings (SSSR count). The van der Waals surface area contributed by atoms with Crippen LogP contribution in [0.1, 0.15) is 19.4 Å². The Balaban J connectivity index is 3.26. The molecule has 0 aromatic heterocycles. The molecule has 0 atom stereocenters. The number of rotatable bonds is 4. The predicted molar refractivity (Wildman–Crippen MR) is 68.2 cm³/mol. The Kier molecular flexibility index (Phi) is 4.49. The van der Waals surface area contributed by atoms with E-state index in [9.17, 15) is 23.3 Å². The third-order valence-corrected chi connectivity index (χ3v) is 2.45. The van der Waals surface area contributed by atoms with E-state index >= 15 is 0 Å². The van der Waals surface area contributed by atoms with Crippen molar-refractivity contribution in [3.63, 3.8) is 0 Å². The summed E-state index contributed by atoms with van der Waals surface area (Å²) in [6.07, 6.45) is -4.57. The van der Waals surface area contributed by atoms with Crippen LogP contribution in [-0.2, 0) is 6.18 Å². The Labute approximate surface area is 112 Å². The number of nitrogens with one attached hydrogen (secondary N) is 2. The molecule has 2 N–H and O–H groups in total. The van der Waals surface area contributed by atoms with Gasteiger partial charge in [-0.2, -0.15) is 13.2 Å². The monoisotopic (exact) mass is 287 g/mol. The number of halogens is 3. The molecule has 0 aliphatic heterocycles. The molecule has 20 heavy (non-hydrogen) atoms. The van der Waals surface area contributed by atoms with Gasteiger partial charge >= 0.3 is 11.9 Å². The Morgan fingerprint density at radius 2 is 1.85 bits per heavy atom. The molecule has 0 spiro atoms. The first kappa shape index (κ1) is 15.7. The van der Waals surface area contributed by atoms with E-state index in [-0.39, 0.29) is 17.1 Å². The molecule has 1 aromatic carbocycles. The molecule has 0 saturated heterocycles. The molecule has 1 aromatic rings. The highest BCUT2D eigenvalue weighted by Gasteiger charge is 2.33. The van der Waals surface area contributed by atoms with Crippen LogP contribution in [0.4, 0.5) is 18.9 Å². The zero-order valence-electron chi connectivity index (χ0n) is 10.7. The highest BCUT2D eigenvalue weighted by Crippen LogP contribution is 2.35. The summed E-state index contributed by atoms with van der Waals surface area (Å²) >= 11 is 0. The van der Waals surface area contributed by atoms with Crippen LogP contribution in [0, 0.1) is 15.5 Å². The van der Waals surface area contributed by atoms with Gasteiger partial charge in [0.05, 0.1) is 21.9 Å². The van der Waals surface area contributed by atoms with Gasteiger partial charge in [-0.3, -0.25) is 15.5 Å². The molecule has 0 aliphatic rings. The van der Waals surface area contributed by atoms with Gasteiger partial charge in [0.2, 0.25) is 0 Å². The van der Waals surface area contributed by atoms with Crippen LogP contribution in [0.15, 0.2) is 35.7 Å². The average molecular weight is 287 g/mol. The number of nitrogens with zero attached hydrogens (tertiary/aromatic N) is 1. The van der Waals surface area contributed by atoms with E-state index in [4.69, 9.17) is 5.41 Å². The lowest BCUT2D eigenvalue weighted by Crippen LogP contribution is -2.16. The summed E-state index contributed by atoms with van der Waals surface area (Å²) in [4.78, 5) is 9.99. The number of hydrogen-bond acceptors (Lipinski definition) is 4. The van der Waals surface area contributed by atoms with E-state index in [1.54, 1.807) is 0 Å². The quantitative estimate of drug-likeness (QED) is 0.504. The summed E-state index contributed by atoms with van der Waals surface area (Å²) in [5.74, 6) is 0. The lowest BCUT2D eigenvalue weighted by molar-refractivity contribution is -0.416. The summed E-state index contributed by atoms with van der Waals surface area (Å²) in [6.45, 7) is 2.45. The van der Waals surface area contributed by atoms with E-state index in [0.29, 0.717) is 0 Å². The van der Waals surface area contributed by atoms with Crippen LogP contribution in [0.25, 0.3) is 0 Å². The topological polar surface area (TPSA) is 79.0 Å². The maximum atomic E-state index is 12.8. The normalized spacial score (nSPS) is 12.7. The predicted octanol–water partition coefficient (Wildman–Crippen LogP) is 3.67. The molecule has 0 amide bonds. The second kappa shape index (κ2) is 5.72. The van der Waals surface area contributed by atoms with E-state index in [0.717, 1.165) is 6.07 Å². The molecule has 0 fully saturated rings. The van der Waals surface area contributed by atoms with E-state index in [1.165, 1.54) is 32.0 Å². The fraction of sp³-hybridized carbons (Fsp3) is 0.250. The molecular formula is C12H12F3N3O2. The summed E-state index contributed by atoms with van der Waals surface area (Å²) in [5.41, 5.74) is -2.24. The zero-order chi connectivity index (χ0) is 15.5. The van der Waals surface area contributed by atoms with Crippen molar-refractivity contribution in [2.75, 3.05) is 5.32 Å². The van der Waals surface area contributed by atoms with Gasteiger partial charge in [0.25, 0.3) is 0 Å². The van der Waals surface area contributed by atoms with Gasteiger partial charge in [0.15, 0.2) is 0 Å². The van der Waals surface area contributed by atoms with Gasteiger partial charge in [-0.1, -0.05) is 12.1 Å². The first-order valence-corrected chi connectivity index (χ1v) is 5.48. The molecule has 0 bridgehead atoms. The molecule has 0 radical (unpaired) electrons. The lowest BCUT2D eigenvalue weighted by atomic mass is 10.1. The first-order chi connectivity index (χ1) is 9.14. The van der Waals surface area contributed by atoms with Crippen LogP contribution >= 0.6 is 0 Å². The Hall–Kier alpha value is -2.38. The van der Waals surface area contributed by atoms with Crippen LogP contribution in [0.5, 0.6) is 0 Å². The van der Waals surface area contributed by atoms with Crippen LogP contribution in [-0.4, -0.2) is 10.6 Å². The van der Waals surface area contributed by atoms with Crippen molar-refractivity contribution in [2.24, 2.45) is 0 Å². The minimum absolute atomic E-state index is 0.126. The summed E-state index contributed by atoms with van der Waals surface area (Å²) in [6, 6.07) is 4.65. The molecule has 0 saturated carbocycles. The van der Waals surface area contributed by atoms with Crippen molar-refractivity contribution in [1.29, 1.82) is 5.41 Å². The summed E-state index contributed by atoms with van der Waals surface area (Å²) < 4.78 is 38.4. The Morgan fingerprint density at radius 3 is 2.30 bits per heavy atom. The second-order valence-corrected chi connectivity index (χ2v) is 4.02. The maximum absolute atomic E-state index is 12.8. The van der Waals surface area contributed by atoms with Gasteiger partial charge in [0.1, 0.15) is 5.71 Å². The molecule has 8 heteroatoms. The standard InChI is InChI=1S/C12H12F3N3O2/c1-7(16)11(18(19)20)8(2)17-10-6-4-3-5-9(10)12(13,14)15/h3-6,16-17H,1-2H3/b11-8+,16-7?. The van der Waals surface area contributed by atoms with E-state index in [1.807, 2.05) is 0 Å². The van der Waals surface area contributed by atoms with Crippen LogP contribution in [0.3, 0.4) is 0 Å². The van der Waals surface area contributed by atoms with Crippen molar-refractivity contribution in [1.82, 2.24) is 0 Å². The van der Waals surface area contributed by atoms with Crippen molar-refractivity contribution in [3.05, 3.63) is 51.3 Å². The minimum Gasteiger partial charge on any atom is -0.353 e. The van der Waals surface area contributed by atoms with Gasteiger partial charge in [-0.15, -0.1) is 0 Å². The molecule has 0 heterocycles. The third-order valence-electron chi connectivity index (χ3n) is 2.45. The number of allylic oxidation sites excluding steroid dienone is 2. The Morgan fingerprint density at radius 1 is 1.30 bits per heavy atom. The second-order valence-electron chi connectivity index (χ2n) is 4.02. The van der Waals surface area contributed by atoms with Gasteiger partial charge < -0.3 is 5.32 Å². The third kappa shape index (κ3) is 3.56. The van der Waals surface area contributed by atoms with Crippen molar-refractivity contribution >= 4 is 11.4 Å². The molecule has 5 nitrogen and oxygen atoms in total. The van der Waals surface area contributed by atoms with Crippen LogP contribution < -0.4 is 5.32 Å². The molecular weight excluding hydrogens is 275 g/mol. The number of para-hydroxylation sites is 1. The van der Waals surface area contributed by atoms with E-state index in [2.05, 4.69) is 5.32 Å². The van der Waals surface area contributed by atoms with Gasteiger partial charge in [-0.05, 0) is 26.0 Å². The fourth-order valence-electron chi connectivity index (χ4n) is 1.66. The van der Waals surface area contributed by atoms with Crippen molar-refractivity contribution in [2.45, 2.75) is 20.0 Å². The maximum Gasteiger partial charge on any atom is 0.418 e. The molecule has 0 aliphatic carbocycles. The summed E-state index contributed by atoms with van der Waals surface area (Å²) in [5, 5.41) is 20.4. The number of benzene rings is 1. The highest BCUT2D eigenvalue weighted by molar-refractivity contribution is 5.94. The SMILES string of the molecule is CC(=N)/C(=C(/C)Nc1ccccc1C(F)(F)F)[N+](=O)[O-]. The molecule has 0 unspecified atom stereocenters. The van der Waals surface area contributed by atoms with Crippen LogP contribution in [0.2, 0.25) is 0 Å². The van der Waals surface area contributed by atoms with Crippen molar-refractivity contribution < 1.29 is 18.1 Å². The first-order valence-electron chi connectivity index (χ1n) is 5.48. The van der Waals surface area contributed by atoms with Gasteiger partial charge in [0, 0.05) is 0 Å². The number of nitro groups is 1. The molecule has 108 valence electrons. The summed E-state index contributed by atoms with van der Waals surface area (Å²) in [7, 11) is 0. The largest absolute Gasteiger partial charge is 0.418 e. The average Bonchev–Trinajstić information content (AvgIpc) is 2.26. The van der Waals surface area contributed by atoms with Crippen molar-refractivity contribution in [3.8, 4) is 0 Å². The fourth-order valence-corrected chi connectivity index (χ4v) is 1.66. The van der Waals surface area contributed by atoms with E-state index < -0.39 is 22.4 Å². The number of hydrogen-bond donors (Lipinski definition) is 2. The number of alkyl halides is 3. The van der Waals surface area contributed by atoms with Gasteiger partial charge in [-0.25, -0.2) is 0 Å². The number of anilines is 1. The minimum atomic E-state index is -4.57. The smallest absolute Gasteiger partial charge is 0.353 e. The zero-order valence-corrected chi connectivity index (χ0v) is 10.7. The Bertz CT molecular complexity index is 564. The lowest BCUT2D eigenvalue weighted by Gasteiger charge is -2.14. The highest BCUT2D eigenvalue weighted by atomic mass is 19.4.